The second-order valence-corrected chi connectivity index (χ2v) is 12.1. The Kier molecular flexibility index (Phi) is 14.6. The normalized spacial score (nSPS) is 13.4. The van der Waals surface area contributed by atoms with E-state index >= 15 is 0 Å². The molecule has 8 nitrogen and oxygen atoms in total. The van der Waals surface area contributed by atoms with Crippen LogP contribution in [0.1, 0.15) is 39.3 Å². The van der Waals surface area contributed by atoms with E-state index in [1.54, 1.807) is 7.11 Å². The number of aryl methyl sites for hydroxylation is 2. The molecule has 1 unspecified atom stereocenters. The van der Waals surface area contributed by atoms with Gasteiger partial charge in [0.15, 0.2) is 0 Å². The number of aliphatic hydroxyl groups is 1. The highest BCUT2D eigenvalue weighted by Crippen LogP contribution is 2.49. The van der Waals surface area contributed by atoms with Crippen molar-refractivity contribution in [2.24, 2.45) is 0 Å². The molecule has 0 aromatic heterocycles. The van der Waals surface area contributed by atoms with Gasteiger partial charge in [-0.3, -0.25) is 0 Å². The molecular formula is C41H50O8. The summed E-state index contributed by atoms with van der Waals surface area (Å²) in [6.07, 6.45) is 0. The molecule has 1 N–H and O–H groups in total. The van der Waals surface area contributed by atoms with Gasteiger partial charge in [0.05, 0.1) is 79.3 Å². The zero-order chi connectivity index (χ0) is 34.3. The first kappa shape index (κ1) is 36.7. The van der Waals surface area contributed by atoms with E-state index in [1.807, 2.05) is 0 Å². The van der Waals surface area contributed by atoms with Crippen LogP contribution in [0.4, 0.5) is 0 Å². The van der Waals surface area contributed by atoms with Crippen molar-refractivity contribution in [3.05, 3.63) is 112 Å². The van der Waals surface area contributed by atoms with Crippen LogP contribution in [-0.2, 0) is 35.0 Å². The van der Waals surface area contributed by atoms with Gasteiger partial charge in [-0.25, -0.2) is 0 Å². The smallest absolute Gasteiger partial charge is 0.122 e. The monoisotopic (exact) mass is 670 g/mol. The molecule has 4 aromatic rings. The SMILES string of the molecule is COCCOCCOCCOc1cc(-c2ccc3c(c2)C(c2ccccc2)c2cc(C)ccc2-3)c(COCCOCCOCCO)cc1C. The summed E-state index contributed by atoms with van der Waals surface area (Å²) in [4.78, 5) is 0. The number of fused-ring (bicyclic) bond motifs is 3. The summed E-state index contributed by atoms with van der Waals surface area (Å²) in [6, 6.07) is 28.7. The van der Waals surface area contributed by atoms with Crippen molar-refractivity contribution in [3.63, 3.8) is 0 Å². The first-order valence-corrected chi connectivity index (χ1v) is 17.2. The first-order valence-electron chi connectivity index (χ1n) is 17.2. The average Bonchev–Trinajstić information content (AvgIpc) is 3.43. The van der Waals surface area contributed by atoms with E-state index in [4.69, 9.17) is 38.3 Å². The highest BCUT2D eigenvalue weighted by Gasteiger charge is 2.30. The number of methoxy groups -OCH3 is 1. The van der Waals surface area contributed by atoms with E-state index in [9.17, 15) is 0 Å². The minimum absolute atomic E-state index is 0.0112. The molecule has 0 heterocycles. The fourth-order valence-electron chi connectivity index (χ4n) is 6.21. The molecule has 0 spiro atoms. The fraction of sp³-hybridized carbons (Fsp3) is 0.415. The average molecular weight is 671 g/mol. The Morgan fingerprint density at radius 3 is 1.88 bits per heavy atom. The third-order valence-corrected chi connectivity index (χ3v) is 8.54. The summed E-state index contributed by atoms with van der Waals surface area (Å²) >= 11 is 0. The van der Waals surface area contributed by atoms with E-state index < -0.39 is 0 Å². The van der Waals surface area contributed by atoms with Gasteiger partial charge in [-0.1, -0.05) is 66.2 Å². The van der Waals surface area contributed by atoms with Gasteiger partial charge < -0.3 is 38.3 Å². The number of ether oxygens (including phenoxy) is 7. The van der Waals surface area contributed by atoms with E-state index in [-0.39, 0.29) is 12.5 Å². The van der Waals surface area contributed by atoms with Crippen molar-refractivity contribution in [3.8, 4) is 28.0 Å². The molecule has 4 aromatic carbocycles. The van der Waals surface area contributed by atoms with Crippen molar-refractivity contribution in [1.29, 1.82) is 0 Å². The molecule has 0 saturated heterocycles. The van der Waals surface area contributed by atoms with Gasteiger partial charge in [0.25, 0.3) is 0 Å². The van der Waals surface area contributed by atoms with Crippen LogP contribution < -0.4 is 4.74 Å². The van der Waals surface area contributed by atoms with Crippen molar-refractivity contribution in [2.45, 2.75) is 26.4 Å². The third kappa shape index (κ3) is 10.2. The maximum Gasteiger partial charge on any atom is 0.122 e. The number of aliphatic hydroxyl groups excluding tert-OH is 1. The molecule has 0 radical (unpaired) electrons. The van der Waals surface area contributed by atoms with Crippen LogP contribution in [0.2, 0.25) is 0 Å². The number of rotatable bonds is 22. The van der Waals surface area contributed by atoms with Crippen molar-refractivity contribution in [2.75, 3.05) is 86.4 Å². The van der Waals surface area contributed by atoms with Crippen molar-refractivity contribution >= 4 is 0 Å². The molecule has 262 valence electrons. The third-order valence-electron chi connectivity index (χ3n) is 8.54. The summed E-state index contributed by atoms with van der Waals surface area (Å²) in [5.74, 6) is 0.977. The highest BCUT2D eigenvalue weighted by atomic mass is 16.6. The lowest BCUT2D eigenvalue weighted by molar-refractivity contribution is 0.00455. The maximum atomic E-state index is 8.85. The lowest BCUT2D eigenvalue weighted by Crippen LogP contribution is -2.13. The minimum atomic E-state index is 0.0112. The summed E-state index contributed by atoms with van der Waals surface area (Å²) in [7, 11) is 1.66. The molecule has 0 fully saturated rings. The Morgan fingerprint density at radius 2 is 1.18 bits per heavy atom. The molecule has 8 heteroatoms. The van der Waals surface area contributed by atoms with Gasteiger partial charge in [-0.2, -0.15) is 0 Å². The van der Waals surface area contributed by atoms with E-state index in [0.717, 1.165) is 28.0 Å². The van der Waals surface area contributed by atoms with E-state index in [1.165, 1.54) is 33.4 Å². The van der Waals surface area contributed by atoms with Crippen LogP contribution in [0.5, 0.6) is 5.75 Å². The summed E-state index contributed by atoms with van der Waals surface area (Å²) in [5.41, 5.74) is 12.1. The predicted octanol–water partition coefficient (Wildman–Crippen LogP) is 6.73. The van der Waals surface area contributed by atoms with Gasteiger partial charge in [-0.15, -0.1) is 0 Å². The summed E-state index contributed by atoms with van der Waals surface area (Å²) < 4.78 is 39.5. The Morgan fingerprint density at radius 1 is 0.571 bits per heavy atom. The second-order valence-electron chi connectivity index (χ2n) is 12.1. The predicted molar refractivity (Wildman–Crippen MR) is 192 cm³/mol. The van der Waals surface area contributed by atoms with Gasteiger partial charge in [0.1, 0.15) is 12.4 Å². The Bertz CT molecular complexity index is 1590. The highest BCUT2D eigenvalue weighted by molar-refractivity contribution is 5.84. The molecule has 0 saturated carbocycles. The number of benzene rings is 4. The van der Waals surface area contributed by atoms with Crippen LogP contribution in [0, 0.1) is 13.8 Å². The number of hydrogen-bond acceptors (Lipinski definition) is 8. The van der Waals surface area contributed by atoms with Gasteiger partial charge in [0, 0.05) is 13.0 Å². The molecule has 49 heavy (non-hydrogen) atoms. The van der Waals surface area contributed by atoms with Crippen LogP contribution in [-0.4, -0.2) is 91.5 Å². The lowest BCUT2D eigenvalue weighted by atomic mass is 9.87. The van der Waals surface area contributed by atoms with Crippen LogP contribution in [0.15, 0.2) is 78.9 Å². The zero-order valence-corrected chi connectivity index (χ0v) is 29.1. The largest absolute Gasteiger partial charge is 0.491 e. The van der Waals surface area contributed by atoms with Gasteiger partial charge in [0.2, 0.25) is 0 Å². The van der Waals surface area contributed by atoms with E-state index in [0.29, 0.717) is 79.3 Å². The van der Waals surface area contributed by atoms with Crippen LogP contribution in [0.25, 0.3) is 22.3 Å². The van der Waals surface area contributed by atoms with Crippen LogP contribution >= 0.6 is 0 Å². The van der Waals surface area contributed by atoms with E-state index in [2.05, 4.69) is 92.7 Å². The second kappa shape index (κ2) is 19.6. The molecule has 1 aliphatic carbocycles. The maximum absolute atomic E-state index is 8.85. The molecule has 0 amide bonds. The molecule has 1 aliphatic rings. The standard InChI is InChI=1S/C41H50O8/c1-30-9-11-35-36-12-10-33(27-39(36)41(38(35)25-30)32-7-5-4-6-8-32)37-28-40(49-24-23-47-20-19-45-16-15-43-3)31(2)26-34(37)29-48-22-21-46-18-17-44-14-13-42/h4-12,25-28,41-42H,13-24,29H2,1-3H3. The lowest BCUT2D eigenvalue weighted by Gasteiger charge is -2.19. The molecule has 1 atom stereocenters. The van der Waals surface area contributed by atoms with Gasteiger partial charge >= 0.3 is 0 Å². The number of hydrogen-bond donors (Lipinski definition) is 1. The molecule has 5 rings (SSSR count). The Labute approximate surface area is 290 Å². The zero-order valence-electron chi connectivity index (χ0n) is 29.1. The molecular weight excluding hydrogens is 620 g/mol. The van der Waals surface area contributed by atoms with Crippen molar-refractivity contribution < 1.29 is 38.3 Å². The minimum Gasteiger partial charge on any atom is -0.491 e. The van der Waals surface area contributed by atoms with Crippen LogP contribution in [0.3, 0.4) is 0 Å². The molecule has 0 aliphatic heterocycles. The summed E-state index contributed by atoms with van der Waals surface area (Å²) in [6.45, 7) is 9.88. The summed E-state index contributed by atoms with van der Waals surface area (Å²) in [5, 5.41) is 8.85. The topological polar surface area (TPSA) is 84.8 Å². The fourth-order valence-corrected chi connectivity index (χ4v) is 6.21. The quantitative estimate of drug-likeness (QED) is 0.0812. The first-order chi connectivity index (χ1) is 24.1. The van der Waals surface area contributed by atoms with Crippen molar-refractivity contribution in [1.82, 2.24) is 0 Å². The molecule has 0 bridgehead atoms. The Hall–Kier alpha value is -3.60. The Balaban J connectivity index is 1.35. The van der Waals surface area contributed by atoms with Gasteiger partial charge in [-0.05, 0) is 82.1 Å².